The molecule has 0 amide bonds. The molecule has 2 aliphatic rings. The molecule has 10 aromatic rings. The van der Waals surface area contributed by atoms with Crippen LogP contribution in [0, 0.1) is 0 Å². The molecule has 256 valence electrons. The molecule has 8 aromatic carbocycles. The molecule has 0 saturated carbocycles. The van der Waals surface area contributed by atoms with E-state index in [4.69, 9.17) is 0 Å². The van der Waals surface area contributed by atoms with Gasteiger partial charge in [-0.3, -0.25) is 0 Å². The lowest BCUT2D eigenvalue weighted by molar-refractivity contribution is 0.602. The maximum Gasteiger partial charge on any atom is 0.0355 e. The van der Waals surface area contributed by atoms with Crippen molar-refractivity contribution in [2.24, 2.45) is 0 Å². The van der Waals surface area contributed by atoms with Gasteiger partial charge in [0.1, 0.15) is 0 Å². The zero-order valence-corrected chi connectivity index (χ0v) is 32.3. The average Bonchev–Trinajstić information content (AvgIpc) is 3.89. The summed E-state index contributed by atoms with van der Waals surface area (Å²) in [6.45, 7) is 9.88. The van der Waals surface area contributed by atoms with Crippen LogP contribution in [0.4, 0.5) is 0 Å². The minimum absolute atomic E-state index is 0.179. The topological polar surface area (TPSA) is 0 Å². The van der Waals surface area contributed by atoms with Gasteiger partial charge in [-0.05, 0) is 126 Å². The van der Waals surface area contributed by atoms with Gasteiger partial charge in [-0.25, -0.2) is 0 Å². The van der Waals surface area contributed by atoms with Crippen LogP contribution < -0.4 is 0 Å². The molecule has 0 bridgehead atoms. The maximum atomic E-state index is 2.50. The normalized spacial score (nSPS) is 15.0. The van der Waals surface area contributed by atoms with Crippen LogP contribution in [0.3, 0.4) is 0 Å². The van der Waals surface area contributed by atoms with Crippen LogP contribution in [0.1, 0.15) is 49.9 Å². The minimum Gasteiger partial charge on any atom is -0.135 e. The fraction of sp³-hybridized carbons (Fsp3) is 0.115. The van der Waals surface area contributed by atoms with Crippen LogP contribution >= 0.6 is 22.7 Å². The molecule has 2 heterocycles. The average molecular weight is 725 g/mol. The molecule has 0 spiro atoms. The molecule has 0 nitrogen and oxygen atoms in total. The quantitative estimate of drug-likeness (QED) is 0.167. The second-order valence-electron chi connectivity index (χ2n) is 16.4. The zero-order chi connectivity index (χ0) is 36.1. The first-order valence-electron chi connectivity index (χ1n) is 19.0. The molecule has 0 fully saturated rings. The van der Waals surface area contributed by atoms with Gasteiger partial charge in [0, 0.05) is 51.2 Å². The second-order valence-corrected chi connectivity index (χ2v) is 18.6. The lowest BCUT2D eigenvalue weighted by Crippen LogP contribution is -2.24. The molecular formula is C52H36S2. The Morgan fingerprint density at radius 2 is 0.685 bits per heavy atom. The van der Waals surface area contributed by atoms with Gasteiger partial charge in [0.2, 0.25) is 0 Å². The van der Waals surface area contributed by atoms with Crippen molar-refractivity contribution in [3.8, 4) is 44.5 Å². The summed E-state index contributed by atoms with van der Waals surface area (Å²) < 4.78 is 5.40. The predicted octanol–water partition coefficient (Wildman–Crippen LogP) is 15.5. The Kier molecular flexibility index (Phi) is 6.04. The van der Waals surface area contributed by atoms with Gasteiger partial charge in [-0.1, -0.05) is 125 Å². The van der Waals surface area contributed by atoms with Crippen LogP contribution in [-0.4, -0.2) is 0 Å². The standard InChI is InChI=1S/C52H36S2/c1-51(2)41-27-31(29-19-23-45-39(25-29)33-11-7-9-15-43(33)53-45)17-21-37(41)47-35-13-5-6-14-36(35)48-38-22-18-32(28-42(38)52(3,4)50(48)49(47)51)30-20-24-46-40(26-30)34-12-8-10-16-44(34)54-46/h5-28H,1-4H3. The van der Waals surface area contributed by atoms with E-state index in [1.807, 2.05) is 22.7 Å². The maximum absolute atomic E-state index is 2.50. The molecule has 0 N–H and O–H groups in total. The number of benzene rings is 8. The molecule has 2 aromatic heterocycles. The van der Waals surface area contributed by atoms with E-state index >= 15 is 0 Å². The van der Waals surface area contributed by atoms with Crippen molar-refractivity contribution in [3.05, 3.63) is 168 Å². The van der Waals surface area contributed by atoms with E-state index in [1.165, 1.54) is 118 Å². The number of hydrogen-bond donors (Lipinski definition) is 0. The lowest BCUT2D eigenvalue weighted by atomic mass is 9.71. The molecule has 0 aliphatic heterocycles. The van der Waals surface area contributed by atoms with Gasteiger partial charge in [-0.2, -0.15) is 0 Å². The number of fused-ring (bicyclic) bond motifs is 16. The first-order valence-corrected chi connectivity index (χ1v) is 20.6. The zero-order valence-electron chi connectivity index (χ0n) is 30.7. The molecule has 0 saturated heterocycles. The summed E-state index contributed by atoms with van der Waals surface area (Å²) in [5, 5.41) is 8.12. The summed E-state index contributed by atoms with van der Waals surface area (Å²) in [5.41, 5.74) is 16.2. The Morgan fingerprint density at radius 1 is 0.333 bits per heavy atom. The van der Waals surface area contributed by atoms with Crippen LogP contribution in [0.15, 0.2) is 146 Å². The van der Waals surface area contributed by atoms with Crippen LogP contribution in [0.25, 0.3) is 95.6 Å². The molecule has 0 radical (unpaired) electrons. The summed E-state index contributed by atoms with van der Waals surface area (Å²) in [4.78, 5) is 0. The lowest BCUT2D eigenvalue weighted by Gasteiger charge is -2.31. The largest absolute Gasteiger partial charge is 0.135 e. The monoisotopic (exact) mass is 724 g/mol. The van der Waals surface area contributed by atoms with Crippen molar-refractivity contribution >= 4 is 73.8 Å². The van der Waals surface area contributed by atoms with Crippen molar-refractivity contribution in [2.45, 2.75) is 38.5 Å². The summed E-state index contributed by atoms with van der Waals surface area (Å²) in [7, 11) is 0. The molecule has 2 aliphatic carbocycles. The van der Waals surface area contributed by atoms with Gasteiger partial charge >= 0.3 is 0 Å². The molecular weight excluding hydrogens is 689 g/mol. The molecule has 0 unspecified atom stereocenters. The number of thiophene rings is 2. The van der Waals surface area contributed by atoms with Crippen molar-refractivity contribution in [1.29, 1.82) is 0 Å². The molecule has 54 heavy (non-hydrogen) atoms. The highest BCUT2D eigenvalue weighted by Gasteiger charge is 2.47. The first kappa shape index (κ1) is 30.9. The third-order valence-corrected chi connectivity index (χ3v) is 15.1. The van der Waals surface area contributed by atoms with Gasteiger partial charge in [0.05, 0.1) is 0 Å². The van der Waals surface area contributed by atoms with Crippen molar-refractivity contribution in [1.82, 2.24) is 0 Å². The van der Waals surface area contributed by atoms with Gasteiger partial charge in [0.25, 0.3) is 0 Å². The first-order chi connectivity index (χ1) is 26.3. The van der Waals surface area contributed by atoms with E-state index in [9.17, 15) is 0 Å². The van der Waals surface area contributed by atoms with Crippen LogP contribution in [0.2, 0.25) is 0 Å². The molecule has 12 rings (SSSR count). The van der Waals surface area contributed by atoms with Crippen molar-refractivity contribution in [2.75, 3.05) is 0 Å². The highest BCUT2D eigenvalue weighted by molar-refractivity contribution is 7.26. The van der Waals surface area contributed by atoms with E-state index < -0.39 is 0 Å². The van der Waals surface area contributed by atoms with Crippen molar-refractivity contribution in [3.63, 3.8) is 0 Å². The van der Waals surface area contributed by atoms with E-state index in [-0.39, 0.29) is 10.8 Å². The third-order valence-electron chi connectivity index (χ3n) is 12.8. The molecule has 2 heteroatoms. The summed E-state index contributed by atoms with van der Waals surface area (Å²) in [6, 6.07) is 55.5. The summed E-state index contributed by atoms with van der Waals surface area (Å²) >= 11 is 3.77. The molecule has 0 atom stereocenters. The van der Waals surface area contributed by atoms with Gasteiger partial charge in [0.15, 0.2) is 0 Å². The highest BCUT2D eigenvalue weighted by Crippen LogP contribution is 2.62. The fourth-order valence-corrected chi connectivity index (χ4v) is 12.4. The van der Waals surface area contributed by atoms with E-state index in [2.05, 4.69) is 173 Å². The van der Waals surface area contributed by atoms with Crippen LogP contribution in [0.5, 0.6) is 0 Å². The van der Waals surface area contributed by atoms with E-state index in [0.29, 0.717) is 0 Å². The predicted molar refractivity (Wildman–Crippen MR) is 236 cm³/mol. The Bertz CT molecular complexity index is 3050. The second kappa shape index (κ2) is 10.6. The SMILES string of the molecule is CC1(C)c2cc(-c3ccc4sc5ccccc5c4c3)ccc2-c2c1c1c(c3ccccc23)-c2ccc(-c3ccc4sc5ccccc5c4c3)cc2C1(C)C. The Hall–Kier alpha value is -5.54. The van der Waals surface area contributed by atoms with Crippen LogP contribution in [-0.2, 0) is 10.8 Å². The Morgan fingerprint density at radius 3 is 1.13 bits per heavy atom. The summed E-state index contributed by atoms with van der Waals surface area (Å²) in [5.74, 6) is 0. The van der Waals surface area contributed by atoms with Gasteiger partial charge < -0.3 is 0 Å². The number of hydrogen-bond acceptors (Lipinski definition) is 2. The fourth-order valence-electron chi connectivity index (χ4n) is 10.2. The Labute approximate surface area is 323 Å². The minimum atomic E-state index is -0.179. The van der Waals surface area contributed by atoms with E-state index in [1.54, 1.807) is 0 Å². The smallest absolute Gasteiger partial charge is 0.0355 e. The van der Waals surface area contributed by atoms with Gasteiger partial charge in [-0.15, -0.1) is 22.7 Å². The van der Waals surface area contributed by atoms with E-state index in [0.717, 1.165) is 0 Å². The van der Waals surface area contributed by atoms with Crippen molar-refractivity contribution < 1.29 is 0 Å². The Balaban J connectivity index is 1.04. The number of rotatable bonds is 2. The highest BCUT2D eigenvalue weighted by atomic mass is 32.1. The third kappa shape index (κ3) is 3.97. The summed E-state index contributed by atoms with van der Waals surface area (Å²) in [6.07, 6.45) is 0.